The third kappa shape index (κ3) is 3.57. The Kier molecular flexibility index (Phi) is 5.13. The Morgan fingerprint density at radius 2 is 2.15 bits per heavy atom. The van der Waals surface area contributed by atoms with E-state index in [1.54, 1.807) is 11.8 Å². The van der Waals surface area contributed by atoms with E-state index in [1.807, 2.05) is 24.7 Å². The summed E-state index contributed by atoms with van der Waals surface area (Å²) in [5.41, 5.74) is 2.16. The van der Waals surface area contributed by atoms with Gasteiger partial charge in [0.25, 0.3) is 0 Å². The van der Waals surface area contributed by atoms with Crippen LogP contribution >= 0.6 is 23.4 Å². The normalized spacial score (nSPS) is 12.7. The van der Waals surface area contributed by atoms with E-state index in [2.05, 4.69) is 42.5 Å². The molecule has 0 fully saturated rings. The van der Waals surface area contributed by atoms with Gasteiger partial charge in [-0.25, -0.2) is 0 Å². The number of aromatic nitrogens is 2. The summed E-state index contributed by atoms with van der Waals surface area (Å²) in [5, 5.41) is 9.66. The highest BCUT2D eigenvalue weighted by atomic mass is 35.5. The molecule has 0 aliphatic heterocycles. The second kappa shape index (κ2) is 6.66. The molecule has 0 aliphatic carbocycles. The van der Waals surface area contributed by atoms with Crippen molar-refractivity contribution in [2.24, 2.45) is 7.05 Å². The van der Waals surface area contributed by atoms with Crippen LogP contribution in [0.5, 0.6) is 0 Å². The summed E-state index contributed by atoms with van der Waals surface area (Å²) in [4.78, 5) is 1.13. The van der Waals surface area contributed by atoms with Gasteiger partial charge in [-0.1, -0.05) is 36.4 Å². The lowest BCUT2D eigenvalue weighted by Gasteiger charge is -2.15. The van der Waals surface area contributed by atoms with Crippen LogP contribution in [0, 0.1) is 6.92 Å². The zero-order valence-electron chi connectivity index (χ0n) is 12.3. The zero-order valence-corrected chi connectivity index (χ0v) is 13.8. The van der Waals surface area contributed by atoms with E-state index in [1.165, 1.54) is 0 Å². The summed E-state index contributed by atoms with van der Waals surface area (Å²) in [6.07, 6.45) is 0. The lowest BCUT2D eigenvalue weighted by Crippen LogP contribution is -2.17. The molecule has 0 bridgehead atoms. The zero-order chi connectivity index (χ0) is 14.7. The molecule has 20 heavy (non-hydrogen) atoms. The van der Waals surface area contributed by atoms with E-state index in [9.17, 15) is 0 Å². The molecular formula is C15H20ClN3S. The molecule has 3 nitrogen and oxygen atoms in total. The van der Waals surface area contributed by atoms with E-state index in [0.29, 0.717) is 0 Å². The van der Waals surface area contributed by atoms with Crippen LogP contribution in [0.3, 0.4) is 0 Å². The largest absolute Gasteiger partial charge is 0.310 e. The molecule has 0 aliphatic rings. The summed E-state index contributed by atoms with van der Waals surface area (Å²) < 4.78 is 1.89. The van der Waals surface area contributed by atoms with Crippen molar-refractivity contribution in [3.05, 3.63) is 40.5 Å². The summed E-state index contributed by atoms with van der Waals surface area (Å²) in [7, 11) is 1.96. The van der Waals surface area contributed by atoms with Crippen LogP contribution in [0.1, 0.15) is 31.1 Å². The fourth-order valence-corrected chi connectivity index (χ4v) is 3.51. The van der Waals surface area contributed by atoms with Crippen LogP contribution in [-0.2, 0) is 7.05 Å². The predicted molar refractivity (Wildman–Crippen MR) is 85.6 cm³/mol. The Morgan fingerprint density at radius 3 is 2.70 bits per heavy atom. The van der Waals surface area contributed by atoms with Crippen molar-refractivity contribution < 1.29 is 0 Å². The first-order valence-electron chi connectivity index (χ1n) is 6.72. The highest BCUT2D eigenvalue weighted by molar-refractivity contribution is 7.99. The minimum absolute atomic E-state index is 0.269. The SMILES string of the molecule is CCNC(C)c1ccc(Sc2cc(C)nn2C)cc1Cl. The fraction of sp³-hybridized carbons (Fsp3) is 0.400. The third-order valence-corrected chi connectivity index (χ3v) is 4.54. The number of nitrogens with one attached hydrogen (secondary N) is 1. The molecule has 1 atom stereocenters. The van der Waals surface area contributed by atoms with Gasteiger partial charge in [-0.2, -0.15) is 5.10 Å². The number of aryl methyl sites for hydroxylation is 2. The standard InChI is InChI=1S/C15H20ClN3S/c1-5-17-11(3)13-7-6-12(9-14(13)16)20-15-8-10(2)18-19(15)4/h6-9,11,17H,5H2,1-4H3. The Hall–Kier alpha value is -0.970. The first kappa shape index (κ1) is 15.4. The van der Waals surface area contributed by atoms with Gasteiger partial charge >= 0.3 is 0 Å². The fourth-order valence-electron chi connectivity index (χ4n) is 2.14. The molecule has 1 unspecified atom stereocenters. The molecule has 108 valence electrons. The molecule has 5 heteroatoms. The minimum Gasteiger partial charge on any atom is -0.310 e. The van der Waals surface area contributed by atoms with Crippen molar-refractivity contribution in [1.29, 1.82) is 0 Å². The van der Waals surface area contributed by atoms with Crippen LogP contribution < -0.4 is 5.32 Å². The van der Waals surface area contributed by atoms with Crippen LogP contribution in [0.15, 0.2) is 34.2 Å². The van der Waals surface area contributed by atoms with Crippen LogP contribution in [0.2, 0.25) is 5.02 Å². The minimum atomic E-state index is 0.269. The highest BCUT2D eigenvalue weighted by Crippen LogP contribution is 2.32. The topological polar surface area (TPSA) is 29.9 Å². The summed E-state index contributed by atoms with van der Waals surface area (Å²) in [6, 6.07) is 8.58. The van der Waals surface area contributed by atoms with Gasteiger partial charge in [0.05, 0.1) is 10.7 Å². The van der Waals surface area contributed by atoms with E-state index in [4.69, 9.17) is 11.6 Å². The monoisotopic (exact) mass is 309 g/mol. The van der Waals surface area contributed by atoms with Gasteiger partial charge in [0.15, 0.2) is 0 Å². The summed E-state index contributed by atoms with van der Waals surface area (Å²) >= 11 is 8.07. The summed E-state index contributed by atoms with van der Waals surface area (Å²) in [6.45, 7) is 7.15. The quantitative estimate of drug-likeness (QED) is 0.897. The molecule has 0 saturated carbocycles. The second-order valence-electron chi connectivity index (χ2n) is 4.81. The Bertz CT molecular complexity index is 595. The maximum Gasteiger partial charge on any atom is 0.0986 e. The second-order valence-corrected chi connectivity index (χ2v) is 6.31. The number of rotatable bonds is 5. The maximum atomic E-state index is 6.40. The third-order valence-electron chi connectivity index (χ3n) is 3.13. The molecule has 0 amide bonds. The Labute approximate surface area is 129 Å². The van der Waals surface area contributed by atoms with Crippen molar-refractivity contribution in [3.8, 4) is 0 Å². The van der Waals surface area contributed by atoms with Gasteiger partial charge in [0.2, 0.25) is 0 Å². The number of hydrogen-bond acceptors (Lipinski definition) is 3. The predicted octanol–water partition coefficient (Wildman–Crippen LogP) is 4.20. The van der Waals surface area contributed by atoms with Crippen molar-refractivity contribution >= 4 is 23.4 Å². The lowest BCUT2D eigenvalue weighted by atomic mass is 10.1. The average Bonchev–Trinajstić information content (AvgIpc) is 2.68. The van der Waals surface area contributed by atoms with Gasteiger partial charge in [-0.15, -0.1) is 0 Å². The Balaban J connectivity index is 2.19. The average molecular weight is 310 g/mol. The Morgan fingerprint density at radius 1 is 1.40 bits per heavy atom. The smallest absolute Gasteiger partial charge is 0.0986 e. The van der Waals surface area contributed by atoms with E-state index < -0.39 is 0 Å². The number of halogens is 1. The molecule has 0 radical (unpaired) electrons. The maximum absolute atomic E-state index is 6.40. The lowest BCUT2D eigenvalue weighted by molar-refractivity contribution is 0.598. The molecule has 2 rings (SSSR count). The van der Waals surface area contributed by atoms with Crippen molar-refractivity contribution in [1.82, 2.24) is 15.1 Å². The molecule has 1 aromatic carbocycles. The van der Waals surface area contributed by atoms with Gasteiger partial charge < -0.3 is 5.32 Å². The molecule has 1 heterocycles. The van der Waals surface area contributed by atoms with Crippen molar-refractivity contribution in [3.63, 3.8) is 0 Å². The van der Waals surface area contributed by atoms with Gasteiger partial charge in [-0.3, -0.25) is 4.68 Å². The van der Waals surface area contributed by atoms with E-state index >= 15 is 0 Å². The van der Waals surface area contributed by atoms with Gasteiger partial charge in [0.1, 0.15) is 0 Å². The van der Waals surface area contributed by atoms with Gasteiger partial charge in [0, 0.05) is 23.0 Å². The number of nitrogens with zero attached hydrogens (tertiary/aromatic N) is 2. The molecular weight excluding hydrogens is 290 g/mol. The number of hydrogen-bond donors (Lipinski definition) is 1. The van der Waals surface area contributed by atoms with E-state index in [-0.39, 0.29) is 6.04 Å². The van der Waals surface area contributed by atoms with Crippen LogP contribution in [0.25, 0.3) is 0 Å². The molecule has 2 aromatic rings. The van der Waals surface area contributed by atoms with Crippen LogP contribution in [-0.4, -0.2) is 16.3 Å². The highest BCUT2D eigenvalue weighted by Gasteiger charge is 2.10. The van der Waals surface area contributed by atoms with Crippen LogP contribution in [0.4, 0.5) is 0 Å². The molecule has 0 saturated heterocycles. The molecule has 1 aromatic heterocycles. The first-order chi connectivity index (χ1) is 9.51. The summed E-state index contributed by atoms with van der Waals surface area (Å²) in [5.74, 6) is 0. The first-order valence-corrected chi connectivity index (χ1v) is 7.92. The van der Waals surface area contributed by atoms with Crippen molar-refractivity contribution in [2.45, 2.75) is 36.7 Å². The van der Waals surface area contributed by atoms with Crippen molar-refractivity contribution in [2.75, 3.05) is 6.54 Å². The molecule has 1 N–H and O–H groups in total. The molecule has 0 spiro atoms. The van der Waals surface area contributed by atoms with Gasteiger partial charge in [-0.05, 0) is 44.2 Å². The number of benzene rings is 1. The van der Waals surface area contributed by atoms with E-state index in [0.717, 1.165) is 32.7 Å².